The molecule has 18 heavy (non-hydrogen) atoms. The number of nitrogen functional groups attached to an aromatic ring is 1. The van der Waals surface area contributed by atoms with Crippen LogP contribution in [0.2, 0.25) is 0 Å². The van der Waals surface area contributed by atoms with E-state index >= 15 is 0 Å². The Hall–Kier alpha value is -1.71. The van der Waals surface area contributed by atoms with Gasteiger partial charge in [-0.05, 0) is 6.07 Å². The van der Waals surface area contributed by atoms with Crippen molar-refractivity contribution in [3.05, 3.63) is 17.3 Å². The zero-order valence-corrected chi connectivity index (χ0v) is 8.56. The number of nitrogens with two attached hydrogens (primary N) is 2. The molecule has 0 atom stereocenters. The van der Waals surface area contributed by atoms with Crippen LogP contribution < -0.4 is 16.2 Å². The molecule has 0 aliphatic rings. The van der Waals surface area contributed by atoms with Crippen molar-refractivity contribution in [3.8, 4) is 5.75 Å². The number of ether oxygens (including phenoxy) is 1. The average molecular weight is 275 g/mol. The monoisotopic (exact) mass is 275 g/mol. The number of halogens is 6. The van der Waals surface area contributed by atoms with Crippen LogP contribution in [0.15, 0.2) is 6.07 Å². The summed E-state index contributed by atoms with van der Waals surface area (Å²) in [5.41, 5.74) is 8.09. The van der Waals surface area contributed by atoms with Gasteiger partial charge in [0.05, 0.1) is 0 Å². The van der Waals surface area contributed by atoms with Crippen LogP contribution in [0.4, 0.5) is 32.2 Å². The number of anilines is 1. The Morgan fingerprint density at radius 2 is 1.72 bits per heavy atom. The summed E-state index contributed by atoms with van der Waals surface area (Å²) in [6.07, 6.45) is -9.94. The van der Waals surface area contributed by atoms with Crippen molar-refractivity contribution in [3.63, 3.8) is 0 Å². The minimum atomic E-state index is -5.10. The highest BCUT2D eigenvalue weighted by molar-refractivity contribution is 5.52. The van der Waals surface area contributed by atoms with Crippen molar-refractivity contribution >= 4 is 5.82 Å². The van der Waals surface area contributed by atoms with Crippen molar-refractivity contribution in [1.82, 2.24) is 4.98 Å². The number of nitrogens with zero attached hydrogens (tertiary/aromatic N) is 1. The van der Waals surface area contributed by atoms with Crippen molar-refractivity contribution < 1.29 is 31.1 Å². The Morgan fingerprint density at radius 1 is 1.17 bits per heavy atom. The predicted molar refractivity (Wildman–Crippen MR) is 48.2 cm³/mol. The topological polar surface area (TPSA) is 74.2 Å². The van der Waals surface area contributed by atoms with Crippen LogP contribution in [0.1, 0.15) is 11.3 Å². The zero-order chi connectivity index (χ0) is 14.1. The van der Waals surface area contributed by atoms with Gasteiger partial charge in [-0.25, -0.2) is 4.98 Å². The summed E-state index contributed by atoms with van der Waals surface area (Å²) in [6, 6.07) is 0.359. The Labute approximate surface area is 96.5 Å². The lowest BCUT2D eigenvalue weighted by Crippen LogP contribution is -2.21. The Kier molecular flexibility index (Phi) is 3.60. The summed E-state index contributed by atoms with van der Waals surface area (Å²) in [7, 11) is 0. The number of hydrogen-bond acceptors (Lipinski definition) is 4. The van der Waals surface area contributed by atoms with E-state index in [-0.39, 0.29) is 0 Å². The second kappa shape index (κ2) is 4.52. The van der Waals surface area contributed by atoms with Gasteiger partial charge in [-0.2, -0.15) is 13.2 Å². The standard InChI is InChI=1S/C8H7F6N3O/c9-7(10,11)4-1-3(2-15)5(6(16)17-4)18-8(12,13)14/h1H,2,15H2,(H2,16,17). The van der Waals surface area contributed by atoms with E-state index < -0.39 is 41.9 Å². The molecule has 0 spiro atoms. The van der Waals surface area contributed by atoms with Crippen LogP contribution in [-0.4, -0.2) is 11.3 Å². The van der Waals surface area contributed by atoms with E-state index in [4.69, 9.17) is 11.5 Å². The molecule has 1 heterocycles. The number of pyridine rings is 1. The van der Waals surface area contributed by atoms with Gasteiger partial charge >= 0.3 is 12.5 Å². The van der Waals surface area contributed by atoms with Gasteiger partial charge in [0.15, 0.2) is 11.6 Å². The number of rotatable bonds is 2. The molecule has 0 saturated heterocycles. The fourth-order valence-electron chi connectivity index (χ4n) is 1.14. The van der Waals surface area contributed by atoms with E-state index in [0.717, 1.165) is 0 Å². The summed E-state index contributed by atoms with van der Waals surface area (Å²) in [6.45, 7) is -0.610. The normalized spacial score (nSPS) is 12.6. The molecule has 4 nitrogen and oxygen atoms in total. The van der Waals surface area contributed by atoms with Crippen molar-refractivity contribution in [1.29, 1.82) is 0 Å². The molecule has 0 saturated carbocycles. The maximum absolute atomic E-state index is 12.3. The zero-order valence-electron chi connectivity index (χ0n) is 8.56. The van der Waals surface area contributed by atoms with Crippen molar-refractivity contribution in [2.24, 2.45) is 5.73 Å². The third-order valence-electron chi connectivity index (χ3n) is 1.80. The third kappa shape index (κ3) is 3.39. The van der Waals surface area contributed by atoms with Crippen LogP contribution in [0.3, 0.4) is 0 Å². The minimum absolute atomic E-state index is 0.359. The predicted octanol–water partition coefficient (Wildman–Crippen LogP) is 2.04. The number of alkyl halides is 6. The molecule has 0 amide bonds. The quantitative estimate of drug-likeness (QED) is 0.810. The highest BCUT2D eigenvalue weighted by Crippen LogP contribution is 2.36. The smallest absolute Gasteiger partial charge is 0.401 e. The maximum atomic E-state index is 12.3. The van der Waals surface area contributed by atoms with E-state index in [1.807, 2.05) is 0 Å². The first-order chi connectivity index (χ1) is 8.04. The lowest BCUT2D eigenvalue weighted by atomic mass is 10.2. The molecule has 0 aromatic carbocycles. The van der Waals surface area contributed by atoms with E-state index in [1.54, 1.807) is 0 Å². The summed E-state index contributed by atoms with van der Waals surface area (Å²) in [5, 5.41) is 0. The molecule has 1 aromatic rings. The molecular weight excluding hydrogens is 268 g/mol. The first-order valence-corrected chi connectivity index (χ1v) is 4.37. The Balaban J connectivity index is 3.29. The second-order valence-corrected chi connectivity index (χ2v) is 3.13. The lowest BCUT2D eigenvalue weighted by molar-refractivity contribution is -0.274. The largest absolute Gasteiger partial charge is 0.573 e. The van der Waals surface area contributed by atoms with Gasteiger partial charge in [0, 0.05) is 12.1 Å². The third-order valence-corrected chi connectivity index (χ3v) is 1.80. The summed E-state index contributed by atoms with van der Waals surface area (Å²) < 4.78 is 76.5. The number of aromatic nitrogens is 1. The highest BCUT2D eigenvalue weighted by Gasteiger charge is 2.37. The van der Waals surface area contributed by atoms with Crippen molar-refractivity contribution in [2.45, 2.75) is 19.1 Å². The van der Waals surface area contributed by atoms with Crippen molar-refractivity contribution in [2.75, 3.05) is 5.73 Å². The summed E-state index contributed by atoms with van der Waals surface area (Å²) in [4.78, 5) is 2.81. The van der Waals surface area contributed by atoms with Gasteiger partial charge in [0.25, 0.3) is 0 Å². The molecule has 10 heteroatoms. The molecule has 1 aromatic heterocycles. The average Bonchev–Trinajstić information content (AvgIpc) is 2.17. The van der Waals surface area contributed by atoms with E-state index in [0.29, 0.717) is 6.07 Å². The van der Waals surface area contributed by atoms with E-state index in [1.165, 1.54) is 0 Å². The number of hydrogen-bond donors (Lipinski definition) is 2. The van der Waals surface area contributed by atoms with Crippen LogP contribution in [-0.2, 0) is 12.7 Å². The van der Waals surface area contributed by atoms with Gasteiger partial charge < -0.3 is 16.2 Å². The molecule has 0 bridgehead atoms. The van der Waals surface area contributed by atoms with Crippen LogP contribution in [0.25, 0.3) is 0 Å². The Bertz CT molecular complexity index is 442. The summed E-state index contributed by atoms with van der Waals surface area (Å²) in [5.74, 6) is -2.04. The van der Waals surface area contributed by atoms with Gasteiger partial charge in [0.1, 0.15) is 5.69 Å². The van der Waals surface area contributed by atoms with Crippen LogP contribution in [0.5, 0.6) is 5.75 Å². The Morgan fingerprint density at radius 3 is 2.11 bits per heavy atom. The highest BCUT2D eigenvalue weighted by atomic mass is 19.4. The van der Waals surface area contributed by atoms with Crippen LogP contribution in [0, 0.1) is 0 Å². The van der Waals surface area contributed by atoms with E-state index in [9.17, 15) is 26.3 Å². The fourth-order valence-corrected chi connectivity index (χ4v) is 1.14. The van der Waals surface area contributed by atoms with Crippen LogP contribution >= 0.6 is 0 Å². The second-order valence-electron chi connectivity index (χ2n) is 3.13. The fraction of sp³-hybridized carbons (Fsp3) is 0.375. The van der Waals surface area contributed by atoms with Gasteiger partial charge in [-0.1, -0.05) is 0 Å². The maximum Gasteiger partial charge on any atom is 0.573 e. The molecule has 0 fully saturated rings. The molecule has 4 N–H and O–H groups in total. The molecule has 0 aliphatic heterocycles. The summed E-state index contributed by atoms with van der Waals surface area (Å²) >= 11 is 0. The molecule has 0 aliphatic carbocycles. The van der Waals surface area contributed by atoms with Gasteiger partial charge in [-0.15, -0.1) is 13.2 Å². The first-order valence-electron chi connectivity index (χ1n) is 4.37. The molecule has 0 radical (unpaired) electrons. The lowest BCUT2D eigenvalue weighted by Gasteiger charge is -2.16. The molecule has 102 valence electrons. The van der Waals surface area contributed by atoms with Gasteiger partial charge in [-0.3, -0.25) is 0 Å². The van der Waals surface area contributed by atoms with Gasteiger partial charge in [0.2, 0.25) is 0 Å². The van der Waals surface area contributed by atoms with E-state index in [2.05, 4.69) is 9.72 Å². The minimum Gasteiger partial charge on any atom is -0.401 e. The molecule has 1 rings (SSSR count). The molecule has 0 unspecified atom stereocenters. The SMILES string of the molecule is NCc1cc(C(F)(F)F)nc(N)c1OC(F)(F)F. The first kappa shape index (κ1) is 14.4. The molecular formula is C8H7F6N3O.